The minimum absolute atomic E-state index is 0.0167. The molecule has 0 radical (unpaired) electrons. The van der Waals surface area contributed by atoms with Crippen molar-refractivity contribution in [2.75, 3.05) is 13.1 Å². The SMILES string of the molecule is O=C(O)C1CCCN(S(=O)(=O)NCc2ncc[nH]2)C1. The summed E-state index contributed by atoms with van der Waals surface area (Å²) in [7, 11) is -3.67. The molecule has 1 aromatic heterocycles. The van der Waals surface area contributed by atoms with Crippen LogP contribution in [-0.4, -0.2) is 46.9 Å². The van der Waals surface area contributed by atoms with Crippen LogP contribution >= 0.6 is 0 Å². The zero-order valence-corrected chi connectivity index (χ0v) is 11.1. The molecule has 1 saturated heterocycles. The fraction of sp³-hybridized carbons (Fsp3) is 0.600. The molecule has 1 atom stereocenters. The summed E-state index contributed by atoms with van der Waals surface area (Å²) < 4.78 is 27.6. The minimum Gasteiger partial charge on any atom is -0.481 e. The van der Waals surface area contributed by atoms with Crippen molar-refractivity contribution in [1.82, 2.24) is 19.0 Å². The van der Waals surface area contributed by atoms with Crippen LogP contribution in [0.15, 0.2) is 12.4 Å². The second kappa shape index (κ2) is 5.68. The summed E-state index contributed by atoms with van der Waals surface area (Å²) in [6, 6.07) is 0. The van der Waals surface area contributed by atoms with Gasteiger partial charge in [0.2, 0.25) is 0 Å². The van der Waals surface area contributed by atoms with E-state index in [9.17, 15) is 13.2 Å². The smallest absolute Gasteiger partial charge is 0.307 e. The molecule has 0 spiro atoms. The molecule has 2 rings (SSSR count). The van der Waals surface area contributed by atoms with Crippen LogP contribution in [0, 0.1) is 5.92 Å². The molecule has 19 heavy (non-hydrogen) atoms. The van der Waals surface area contributed by atoms with Crippen molar-refractivity contribution in [3.05, 3.63) is 18.2 Å². The molecule has 1 aliphatic rings. The van der Waals surface area contributed by atoms with Crippen molar-refractivity contribution < 1.29 is 18.3 Å². The second-order valence-corrected chi connectivity index (χ2v) is 6.15. The molecule has 0 saturated carbocycles. The number of nitrogens with one attached hydrogen (secondary N) is 2. The van der Waals surface area contributed by atoms with E-state index >= 15 is 0 Å². The number of hydrogen-bond donors (Lipinski definition) is 3. The van der Waals surface area contributed by atoms with Crippen molar-refractivity contribution in [2.45, 2.75) is 19.4 Å². The highest BCUT2D eigenvalue weighted by Crippen LogP contribution is 2.18. The molecule has 0 bridgehead atoms. The van der Waals surface area contributed by atoms with Crippen LogP contribution in [0.4, 0.5) is 0 Å². The Kier molecular flexibility index (Phi) is 4.17. The summed E-state index contributed by atoms with van der Waals surface area (Å²) >= 11 is 0. The summed E-state index contributed by atoms with van der Waals surface area (Å²) in [5, 5.41) is 8.94. The first-order valence-electron chi connectivity index (χ1n) is 5.95. The molecule has 1 unspecified atom stereocenters. The number of rotatable bonds is 5. The minimum atomic E-state index is -3.67. The van der Waals surface area contributed by atoms with Crippen molar-refractivity contribution in [2.24, 2.45) is 5.92 Å². The van der Waals surface area contributed by atoms with Gasteiger partial charge in [-0.3, -0.25) is 4.79 Å². The number of imidazole rings is 1. The fourth-order valence-corrected chi connectivity index (χ4v) is 3.26. The highest BCUT2D eigenvalue weighted by atomic mass is 32.2. The number of aromatic amines is 1. The lowest BCUT2D eigenvalue weighted by Gasteiger charge is -2.29. The van der Waals surface area contributed by atoms with E-state index in [0.29, 0.717) is 25.2 Å². The molecular weight excluding hydrogens is 272 g/mol. The van der Waals surface area contributed by atoms with Gasteiger partial charge in [0, 0.05) is 25.5 Å². The van der Waals surface area contributed by atoms with E-state index < -0.39 is 22.1 Å². The van der Waals surface area contributed by atoms with E-state index in [2.05, 4.69) is 14.7 Å². The van der Waals surface area contributed by atoms with Crippen LogP contribution < -0.4 is 4.72 Å². The van der Waals surface area contributed by atoms with Gasteiger partial charge in [-0.05, 0) is 12.8 Å². The maximum absolute atomic E-state index is 12.0. The molecule has 1 aromatic rings. The quantitative estimate of drug-likeness (QED) is 0.678. The Labute approximate surface area is 111 Å². The Morgan fingerprint density at radius 2 is 2.42 bits per heavy atom. The molecule has 1 aliphatic heterocycles. The Balaban J connectivity index is 1.96. The van der Waals surface area contributed by atoms with Crippen LogP contribution in [0.5, 0.6) is 0 Å². The number of carboxylic acid groups (broad SMARTS) is 1. The standard InChI is InChI=1S/C10H16N4O4S/c15-10(16)8-2-1-5-14(7-8)19(17,18)13-6-9-11-3-4-12-9/h3-4,8,13H,1-2,5-7H2,(H,11,12)(H,15,16). The number of H-pyrrole nitrogens is 1. The number of nitrogens with zero attached hydrogens (tertiary/aromatic N) is 2. The Morgan fingerprint density at radius 3 is 3.05 bits per heavy atom. The van der Waals surface area contributed by atoms with Crippen LogP contribution in [0.1, 0.15) is 18.7 Å². The van der Waals surface area contributed by atoms with Gasteiger partial charge < -0.3 is 10.1 Å². The van der Waals surface area contributed by atoms with E-state index in [4.69, 9.17) is 5.11 Å². The molecule has 0 aliphatic carbocycles. The normalized spacial score (nSPS) is 21.4. The lowest BCUT2D eigenvalue weighted by molar-refractivity contribution is -0.142. The van der Waals surface area contributed by atoms with E-state index in [1.807, 2.05) is 0 Å². The van der Waals surface area contributed by atoms with Crippen LogP contribution in [0.25, 0.3) is 0 Å². The predicted molar refractivity (Wildman–Crippen MR) is 66.3 cm³/mol. The molecule has 0 amide bonds. The molecule has 3 N–H and O–H groups in total. The zero-order chi connectivity index (χ0) is 13.9. The lowest BCUT2D eigenvalue weighted by atomic mass is 10.0. The van der Waals surface area contributed by atoms with Crippen molar-refractivity contribution in [1.29, 1.82) is 0 Å². The zero-order valence-electron chi connectivity index (χ0n) is 10.2. The Morgan fingerprint density at radius 1 is 1.63 bits per heavy atom. The van der Waals surface area contributed by atoms with Gasteiger partial charge in [0.15, 0.2) is 0 Å². The van der Waals surface area contributed by atoms with E-state index in [-0.39, 0.29) is 13.1 Å². The van der Waals surface area contributed by atoms with Gasteiger partial charge in [-0.25, -0.2) is 4.98 Å². The van der Waals surface area contributed by atoms with E-state index in [1.54, 1.807) is 6.20 Å². The molecule has 106 valence electrons. The summed E-state index contributed by atoms with van der Waals surface area (Å²) in [6.45, 7) is 0.420. The van der Waals surface area contributed by atoms with Crippen LogP contribution in [0.2, 0.25) is 0 Å². The first kappa shape index (κ1) is 14.0. The Hall–Kier alpha value is -1.45. The van der Waals surface area contributed by atoms with E-state index in [0.717, 1.165) is 0 Å². The van der Waals surface area contributed by atoms with Crippen molar-refractivity contribution in [3.8, 4) is 0 Å². The Bertz CT molecular complexity index is 528. The van der Waals surface area contributed by atoms with Gasteiger partial charge in [-0.2, -0.15) is 17.4 Å². The largest absolute Gasteiger partial charge is 0.481 e. The fourth-order valence-electron chi connectivity index (χ4n) is 2.01. The summed E-state index contributed by atoms with van der Waals surface area (Å²) in [5.41, 5.74) is 0. The predicted octanol–water partition coefficient (Wildman–Crippen LogP) is -0.459. The van der Waals surface area contributed by atoms with Crippen molar-refractivity contribution >= 4 is 16.2 Å². The van der Waals surface area contributed by atoms with Crippen LogP contribution in [0.3, 0.4) is 0 Å². The molecule has 9 heteroatoms. The monoisotopic (exact) mass is 288 g/mol. The maximum atomic E-state index is 12.0. The molecular formula is C10H16N4O4S. The maximum Gasteiger partial charge on any atom is 0.307 e. The van der Waals surface area contributed by atoms with Crippen LogP contribution in [-0.2, 0) is 21.5 Å². The third-order valence-corrected chi connectivity index (χ3v) is 4.57. The average molecular weight is 288 g/mol. The molecule has 0 aromatic carbocycles. The second-order valence-electron chi connectivity index (χ2n) is 4.40. The summed E-state index contributed by atoms with van der Waals surface area (Å²) in [5.74, 6) is -1.07. The van der Waals surface area contributed by atoms with Gasteiger partial charge in [0.1, 0.15) is 5.82 Å². The number of aromatic nitrogens is 2. The van der Waals surface area contributed by atoms with Gasteiger partial charge in [-0.15, -0.1) is 0 Å². The summed E-state index contributed by atoms with van der Waals surface area (Å²) in [4.78, 5) is 17.6. The van der Waals surface area contributed by atoms with Crippen molar-refractivity contribution in [3.63, 3.8) is 0 Å². The molecule has 1 fully saturated rings. The van der Waals surface area contributed by atoms with Gasteiger partial charge in [-0.1, -0.05) is 0 Å². The number of hydrogen-bond acceptors (Lipinski definition) is 4. The molecule has 8 nitrogen and oxygen atoms in total. The average Bonchev–Trinajstić information content (AvgIpc) is 2.90. The van der Waals surface area contributed by atoms with Gasteiger partial charge >= 0.3 is 5.97 Å². The third-order valence-electron chi connectivity index (χ3n) is 3.05. The first-order valence-corrected chi connectivity index (χ1v) is 7.39. The van der Waals surface area contributed by atoms with Gasteiger partial charge in [0.25, 0.3) is 10.2 Å². The summed E-state index contributed by atoms with van der Waals surface area (Å²) in [6.07, 6.45) is 4.20. The van der Waals surface area contributed by atoms with Gasteiger partial charge in [0.05, 0.1) is 12.5 Å². The number of carboxylic acids is 1. The number of carbonyl (C=O) groups is 1. The highest BCUT2D eigenvalue weighted by Gasteiger charge is 2.32. The third kappa shape index (κ3) is 3.52. The number of piperidine rings is 1. The number of aliphatic carboxylic acids is 1. The topological polar surface area (TPSA) is 115 Å². The first-order chi connectivity index (χ1) is 8.99. The van der Waals surface area contributed by atoms with E-state index in [1.165, 1.54) is 10.5 Å². The molecule has 2 heterocycles. The highest BCUT2D eigenvalue weighted by molar-refractivity contribution is 7.87. The lowest BCUT2D eigenvalue weighted by Crippen LogP contribution is -2.47.